The lowest BCUT2D eigenvalue weighted by molar-refractivity contribution is 0.122. The number of aromatic nitrogens is 3. The number of anilines is 1. The number of alkyl halides is 2. The highest BCUT2D eigenvalue weighted by atomic mass is 35.5. The molecule has 0 saturated carbocycles. The Labute approximate surface area is 218 Å². The molecule has 37 heavy (non-hydrogen) atoms. The summed E-state index contributed by atoms with van der Waals surface area (Å²) in [6.07, 6.45) is -0.316. The van der Waals surface area contributed by atoms with Crippen molar-refractivity contribution >= 4 is 17.5 Å². The summed E-state index contributed by atoms with van der Waals surface area (Å²) in [6.45, 7) is 4.59. The fraction of sp³-hybridized carbons (Fsp3) is 0.250. The highest BCUT2D eigenvalue weighted by Crippen LogP contribution is 2.29. The Morgan fingerprint density at radius 3 is 2.24 bits per heavy atom. The molecule has 5 nitrogen and oxygen atoms in total. The summed E-state index contributed by atoms with van der Waals surface area (Å²) in [5, 5.41) is 0.0790. The molecule has 1 aliphatic heterocycles. The van der Waals surface area contributed by atoms with Crippen LogP contribution >= 0.6 is 11.6 Å². The van der Waals surface area contributed by atoms with Gasteiger partial charge in [-0.3, -0.25) is 4.98 Å². The van der Waals surface area contributed by atoms with Crippen molar-refractivity contribution in [1.29, 1.82) is 0 Å². The smallest absolute Gasteiger partial charge is 0.265 e. The number of benzene rings is 2. The molecule has 0 radical (unpaired) electrons. The van der Waals surface area contributed by atoms with Crippen LogP contribution in [0.2, 0.25) is 5.02 Å². The number of nitrogens with zero attached hydrogens (tertiary/aromatic N) is 4. The minimum Gasteiger partial charge on any atom is -0.378 e. The van der Waals surface area contributed by atoms with E-state index in [4.69, 9.17) is 26.3 Å². The van der Waals surface area contributed by atoms with Crippen molar-refractivity contribution in [2.24, 2.45) is 0 Å². The second-order valence-electron chi connectivity index (χ2n) is 8.23. The summed E-state index contributed by atoms with van der Waals surface area (Å²) < 4.78 is 43.3. The highest BCUT2D eigenvalue weighted by Gasteiger charge is 2.17. The Morgan fingerprint density at radius 1 is 0.919 bits per heavy atom. The van der Waals surface area contributed by atoms with Gasteiger partial charge in [0.25, 0.3) is 6.43 Å². The van der Waals surface area contributed by atoms with Gasteiger partial charge >= 0.3 is 0 Å². The van der Waals surface area contributed by atoms with E-state index in [9.17, 15) is 13.2 Å². The van der Waals surface area contributed by atoms with Crippen molar-refractivity contribution in [3.8, 4) is 22.5 Å². The van der Waals surface area contributed by atoms with E-state index in [1.165, 1.54) is 24.4 Å². The van der Waals surface area contributed by atoms with Gasteiger partial charge in [-0.1, -0.05) is 48.9 Å². The highest BCUT2D eigenvalue weighted by molar-refractivity contribution is 6.31. The maximum absolute atomic E-state index is 13.5. The van der Waals surface area contributed by atoms with Gasteiger partial charge in [-0.05, 0) is 42.8 Å². The molecular formula is C28H26ClF3N4O. The van der Waals surface area contributed by atoms with Gasteiger partial charge in [-0.2, -0.15) is 0 Å². The average molecular weight is 527 g/mol. The van der Waals surface area contributed by atoms with Gasteiger partial charge in [0.15, 0.2) is 0 Å². The molecule has 1 saturated heterocycles. The summed E-state index contributed by atoms with van der Waals surface area (Å²) in [5.74, 6) is 0.200. The summed E-state index contributed by atoms with van der Waals surface area (Å²) >= 11 is 5.96. The van der Waals surface area contributed by atoms with E-state index in [0.29, 0.717) is 37.0 Å². The van der Waals surface area contributed by atoms with Crippen LogP contribution in [0.1, 0.15) is 24.6 Å². The van der Waals surface area contributed by atoms with Gasteiger partial charge in [0.2, 0.25) is 5.95 Å². The van der Waals surface area contributed by atoms with E-state index in [1.54, 1.807) is 12.1 Å². The number of rotatable bonds is 5. The van der Waals surface area contributed by atoms with Crippen LogP contribution in [0.3, 0.4) is 0 Å². The van der Waals surface area contributed by atoms with Crippen LogP contribution in [0.5, 0.6) is 0 Å². The number of hydrogen-bond donors (Lipinski definition) is 0. The molecule has 0 atom stereocenters. The zero-order chi connectivity index (χ0) is 26.2. The molecule has 5 rings (SSSR count). The molecule has 0 N–H and O–H groups in total. The number of halogens is 4. The number of pyridine rings is 1. The van der Waals surface area contributed by atoms with E-state index in [1.807, 2.05) is 43.3 Å². The van der Waals surface area contributed by atoms with Crippen molar-refractivity contribution in [3.05, 3.63) is 95.0 Å². The fourth-order valence-corrected chi connectivity index (χ4v) is 4.02. The van der Waals surface area contributed by atoms with Crippen LogP contribution in [0.4, 0.5) is 19.1 Å². The molecule has 1 aliphatic rings. The molecule has 3 heterocycles. The third-order valence-electron chi connectivity index (χ3n) is 5.79. The largest absolute Gasteiger partial charge is 0.378 e. The first-order valence-corrected chi connectivity index (χ1v) is 12.3. The second kappa shape index (κ2) is 12.7. The first-order chi connectivity index (χ1) is 18.0. The molecule has 0 spiro atoms. The third-order valence-corrected chi connectivity index (χ3v) is 6.08. The van der Waals surface area contributed by atoms with Gasteiger partial charge in [0, 0.05) is 41.7 Å². The summed E-state index contributed by atoms with van der Waals surface area (Å²) in [6, 6.07) is 19.4. The van der Waals surface area contributed by atoms with Gasteiger partial charge in [0.1, 0.15) is 5.82 Å². The molecular weight excluding hydrogens is 501 g/mol. The Morgan fingerprint density at radius 2 is 1.62 bits per heavy atom. The Hall–Kier alpha value is -3.49. The monoisotopic (exact) mass is 526 g/mol. The normalized spacial score (nSPS) is 13.3. The quantitative estimate of drug-likeness (QED) is 0.280. The minimum atomic E-state index is -2.40. The van der Waals surface area contributed by atoms with Crippen LogP contribution in [0.15, 0.2) is 72.9 Å². The lowest BCUT2D eigenvalue weighted by Crippen LogP contribution is -2.37. The SMILES string of the molecule is CCc1ncccc1C(F)F.Fc1ccc(-c2cc(-c3ccccc3)nc(N3CCOCC3)n2)cc1Cl. The van der Waals surface area contributed by atoms with Crippen molar-refractivity contribution in [2.45, 2.75) is 19.8 Å². The summed E-state index contributed by atoms with van der Waals surface area (Å²) in [4.78, 5) is 15.4. The first-order valence-electron chi connectivity index (χ1n) is 11.9. The van der Waals surface area contributed by atoms with Crippen molar-refractivity contribution in [3.63, 3.8) is 0 Å². The van der Waals surface area contributed by atoms with Crippen LogP contribution in [0.25, 0.3) is 22.5 Å². The molecule has 0 bridgehead atoms. The van der Waals surface area contributed by atoms with E-state index < -0.39 is 12.2 Å². The van der Waals surface area contributed by atoms with Crippen molar-refractivity contribution < 1.29 is 17.9 Å². The molecule has 4 aromatic rings. The zero-order valence-electron chi connectivity index (χ0n) is 20.3. The van der Waals surface area contributed by atoms with Gasteiger partial charge in [-0.25, -0.2) is 23.1 Å². The van der Waals surface area contributed by atoms with Gasteiger partial charge < -0.3 is 9.64 Å². The Kier molecular flexibility index (Phi) is 9.09. The maximum atomic E-state index is 13.5. The lowest BCUT2D eigenvalue weighted by atomic mass is 10.1. The van der Waals surface area contributed by atoms with Gasteiger partial charge in [0.05, 0.1) is 29.6 Å². The maximum Gasteiger partial charge on any atom is 0.265 e. The van der Waals surface area contributed by atoms with Crippen LogP contribution in [0, 0.1) is 5.82 Å². The number of ether oxygens (including phenoxy) is 1. The summed E-state index contributed by atoms with van der Waals surface area (Å²) in [5.41, 5.74) is 3.82. The lowest BCUT2D eigenvalue weighted by Gasteiger charge is -2.27. The second-order valence-corrected chi connectivity index (χ2v) is 8.63. The molecule has 0 aliphatic carbocycles. The summed E-state index contributed by atoms with van der Waals surface area (Å²) in [7, 11) is 0. The molecule has 2 aromatic carbocycles. The van der Waals surface area contributed by atoms with Crippen molar-refractivity contribution in [1.82, 2.24) is 15.0 Å². The van der Waals surface area contributed by atoms with E-state index >= 15 is 0 Å². The van der Waals surface area contributed by atoms with Gasteiger partial charge in [-0.15, -0.1) is 0 Å². The fourth-order valence-electron chi connectivity index (χ4n) is 3.84. The topological polar surface area (TPSA) is 51.1 Å². The van der Waals surface area contributed by atoms with Crippen LogP contribution in [-0.2, 0) is 11.2 Å². The minimum absolute atomic E-state index is 0.0509. The number of morpholine rings is 1. The molecule has 0 amide bonds. The zero-order valence-corrected chi connectivity index (χ0v) is 21.0. The third kappa shape index (κ3) is 6.84. The predicted molar refractivity (Wildman–Crippen MR) is 139 cm³/mol. The van der Waals surface area contributed by atoms with Crippen LogP contribution in [-0.4, -0.2) is 41.3 Å². The molecule has 1 fully saturated rings. The van der Waals surface area contributed by atoms with E-state index in [2.05, 4.69) is 9.88 Å². The number of hydrogen-bond acceptors (Lipinski definition) is 5. The van der Waals surface area contributed by atoms with E-state index in [0.717, 1.165) is 29.9 Å². The Balaban J connectivity index is 0.000000245. The molecule has 9 heteroatoms. The van der Waals surface area contributed by atoms with Crippen LogP contribution < -0.4 is 4.90 Å². The number of aryl methyl sites for hydroxylation is 1. The molecule has 2 aromatic heterocycles. The standard InChI is InChI=1S/C20H17ClFN3O.C8H9F2N/c21-16-12-15(6-7-17(16)22)19-13-18(14-4-2-1-3-5-14)23-20(24-19)25-8-10-26-11-9-25;1-2-7-6(8(9)10)4-3-5-11-7/h1-7,12-13H,8-11H2;3-5,8H,2H2,1H3. The van der Waals surface area contributed by atoms with E-state index in [-0.39, 0.29) is 10.6 Å². The predicted octanol–water partition coefficient (Wildman–Crippen LogP) is 7.02. The Bertz CT molecular complexity index is 1320. The van der Waals surface area contributed by atoms with Crippen molar-refractivity contribution in [2.75, 3.05) is 31.2 Å². The molecule has 192 valence electrons. The molecule has 0 unspecified atom stereocenters. The average Bonchev–Trinajstić information content (AvgIpc) is 2.95. The first kappa shape index (κ1) is 26.6.